The Balaban J connectivity index is 1.66. The van der Waals surface area contributed by atoms with Crippen molar-refractivity contribution < 1.29 is 4.79 Å². The summed E-state index contributed by atoms with van der Waals surface area (Å²) in [7, 11) is 0. The molecule has 1 amide bonds. The van der Waals surface area contributed by atoms with Crippen LogP contribution in [0.1, 0.15) is 63.0 Å². The Kier molecular flexibility index (Phi) is 4.33. The van der Waals surface area contributed by atoms with E-state index in [1.54, 1.807) is 6.07 Å². The molecule has 1 aromatic carbocycles. The van der Waals surface area contributed by atoms with Gasteiger partial charge in [-0.2, -0.15) is 5.10 Å². The predicted octanol–water partition coefficient (Wildman–Crippen LogP) is 3.53. The summed E-state index contributed by atoms with van der Waals surface area (Å²) in [5.74, 6) is 2.00. The largest absolute Gasteiger partial charge is 0.348 e. The van der Waals surface area contributed by atoms with Gasteiger partial charge in [0.1, 0.15) is 0 Å². The highest BCUT2D eigenvalue weighted by atomic mass is 16.2. The van der Waals surface area contributed by atoms with Crippen molar-refractivity contribution in [1.82, 2.24) is 15.1 Å². The van der Waals surface area contributed by atoms with Crippen LogP contribution in [0, 0.1) is 17.8 Å². The smallest absolute Gasteiger partial charge is 0.274 e. The number of hydrogen-bond donors (Lipinski definition) is 1. The van der Waals surface area contributed by atoms with Crippen molar-refractivity contribution in [2.75, 3.05) is 0 Å². The zero-order valence-electron chi connectivity index (χ0n) is 15.7. The van der Waals surface area contributed by atoms with Gasteiger partial charge in [0.25, 0.3) is 11.5 Å². The molecule has 4 rings (SSSR count). The Bertz CT molecular complexity index is 902. The van der Waals surface area contributed by atoms with E-state index in [2.05, 4.69) is 17.3 Å². The van der Waals surface area contributed by atoms with Gasteiger partial charge in [-0.3, -0.25) is 9.59 Å². The van der Waals surface area contributed by atoms with E-state index in [0.717, 1.165) is 11.8 Å². The Morgan fingerprint density at radius 3 is 2.50 bits per heavy atom. The zero-order chi connectivity index (χ0) is 18.4. The summed E-state index contributed by atoms with van der Waals surface area (Å²) in [6, 6.07) is 7.30. The van der Waals surface area contributed by atoms with Gasteiger partial charge in [0.15, 0.2) is 5.69 Å². The van der Waals surface area contributed by atoms with Crippen LogP contribution in [0.25, 0.3) is 10.8 Å². The van der Waals surface area contributed by atoms with Crippen LogP contribution in [-0.2, 0) is 0 Å². The highest BCUT2D eigenvalue weighted by Gasteiger charge is 2.42. The minimum atomic E-state index is -0.175. The Morgan fingerprint density at radius 1 is 1.15 bits per heavy atom. The first kappa shape index (κ1) is 17.3. The van der Waals surface area contributed by atoms with Crippen LogP contribution in [0.2, 0.25) is 0 Å². The minimum Gasteiger partial charge on any atom is -0.348 e. The molecule has 2 aromatic rings. The van der Waals surface area contributed by atoms with Crippen LogP contribution in [-0.4, -0.2) is 21.7 Å². The van der Waals surface area contributed by atoms with E-state index in [9.17, 15) is 9.59 Å². The lowest BCUT2D eigenvalue weighted by molar-refractivity contribution is 0.0909. The highest BCUT2D eigenvalue weighted by Crippen LogP contribution is 2.49. The van der Waals surface area contributed by atoms with Gasteiger partial charge in [0.2, 0.25) is 0 Å². The molecule has 0 saturated heterocycles. The zero-order valence-corrected chi connectivity index (χ0v) is 15.7. The van der Waals surface area contributed by atoms with E-state index < -0.39 is 0 Å². The maximum atomic E-state index is 13.0. The summed E-state index contributed by atoms with van der Waals surface area (Å²) in [4.78, 5) is 25.7. The molecule has 1 aromatic heterocycles. The Hall–Kier alpha value is -2.17. The number of benzene rings is 1. The number of fused-ring (bicyclic) bond motifs is 3. The number of nitrogens with one attached hydrogen (secondary N) is 1. The van der Waals surface area contributed by atoms with E-state index in [0.29, 0.717) is 22.4 Å². The average Bonchev–Trinajstić information content (AvgIpc) is 3.25. The fourth-order valence-electron chi connectivity index (χ4n) is 5.01. The van der Waals surface area contributed by atoms with Gasteiger partial charge < -0.3 is 5.32 Å². The highest BCUT2D eigenvalue weighted by molar-refractivity contribution is 6.04. The first-order chi connectivity index (χ1) is 12.5. The van der Waals surface area contributed by atoms with Crippen LogP contribution >= 0.6 is 0 Å². The van der Waals surface area contributed by atoms with Crippen molar-refractivity contribution in [2.45, 2.75) is 58.5 Å². The summed E-state index contributed by atoms with van der Waals surface area (Å²) in [5, 5.41) is 8.78. The van der Waals surface area contributed by atoms with Crippen LogP contribution in [0.5, 0.6) is 0 Å². The molecule has 1 heterocycles. The SMILES string of the molecule is CC(NC(=O)c1nn(C(C)C)c(=O)c2ccccc12)C1CC2CCC1C2. The fraction of sp³-hybridized carbons (Fsp3) is 0.571. The van der Waals surface area contributed by atoms with E-state index in [1.165, 1.54) is 30.4 Å². The summed E-state index contributed by atoms with van der Waals surface area (Å²) >= 11 is 0. The molecule has 5 heteroatoms. The minimum absolute atomic E-state index is 0.0957. The van der Waals surface area contributed by atoms with Crippen molar-refractivity contribution in [3.05, 3.63) is 40.3 Å². The maximum Gasteiger partial charge on any atom is 0.274 e. The van der Waals surface area contributed by atoms with E-state index >= 15 is 0 Å². The number of hydrogen-bond acceptors (Lipinski definition) is 3. The normalized spacial score (nSPS) is 25.8. The molecule has 2 saturated carbocycles. The molecule has 1 N–H and O–H groups in total. The lowest BCUT2D eigenvalue weighted by Gasteiger charge is -2.28. The first-order valence-corrected chi connectivity index (χ1v) is 9.78. The molecular weight excluding hydrogens is 326 g/mol. The Labute approximate surface area is 153 Å². The fourth-order valence-corrected chi connectivity index (χ4v) is 5.01. The molecule has 138 valence electrons. The Morgan fingerprint density at radius 2 is 1.88 bits per heavy atom. The number of nitrogens with zero attached hydrogens (tertiary/aromatic N) is 2. The van der Waals surface area contributed by atoms with Crippen molar-refractivity contribution in [3.63, 3.8) is 0 Å². The van der Waals surface area contributed by atoms with Crippen LogP contribution in [0.15, 0.2) is 29.1 Å². The van der Waals surface area contributed by atoms with Crippen LogP contribution in [0.3, 0.4) is 0 Å². The second kappa shape index (κ2) is 6.53. The monoisotopic (exact) mass is 353 g/mol. The van der Waals surface area contributed by atoms with Gasteiger partial charge in [-0.1, -0.05) is 24.6 Å². The molecule has 2 aliphatic rings. The first-order valence-electron chi connectivity index (χ1n) is 9.78. The molecule has 2 bridgehead atoms. The third kappa shape index (κ3) is 2.83. The number of amides is 1. The van der Waals surface area contributed by atoms with Crippen molar-refractivity contribution in [2.24, 2.45) is 17.8 Å². The van der Waals surface area contributed by atoms with E-state index in [4.69, 9.17) is 0 Å². The third-order valence-electron chi connectivity index (χ3n) is 6.33. The molecule has 4 unspecified atom stereocenters. The van der Waals surface area contributed by atoms with Crippen molar-refractivity contribution in [3.8, 4) is 0 Å². The van der Waals surface area contributed by atoms with E-state index in [1.807, 2.05) is 32.0 Å². The molecule has 4 atom stereocenters. The number of rotatable bonds is 4. The predicted molar refractivity (Wildman–Crippen MR) is 102 cm³/mol. The topological polar surface area (TPSA) is 64.0 Å². The van der Waals surface area contributed by atoms with Crippen LogP contribution in [0.4, 0.5) is 0 Å². The quantitative estimate of drug-likeness (QED) is 0.914. The third-order valence-corrected chi connectivity index (χ3v) is 6.33. The standard InChI is InChI=1S/C21H27N3O2/c1-12(2)24-21(26)17-7-5-4-6-16(17)19(23-24)20(25)22-13(3)18-11-14-8-9-15(18)10-14/h4-7,12-15,18H,8-11H2,1-3H3,(H,22,25). The lowest BCUT2D eigenvalue weighted by atomic mass is 9.84. The van der Waals surface area contributed by atoms with Gasteiger partial charge in [0, 0.05) is 11.4 Å². The molecule has 0 spiro atoms. The van der Waals surface area contributed by atoms with Crippen molar-refractivity contribution >= 4 is 16.7 Å². The second-order valence-electron chi connectivity index (χ2n) is 8.34. The van der Waals surface area contributed by atoms with Crippen molar-refractivity contribution in [1.29, 1.82) is 0 Å². The number of carbonyl (C=O) groups excluding carboxylic acids is 1. The maximum absolute atomic E-state index is 13.0. The molecule has 5 nitrogen and oxygen atoms in total. The van der Waals surface area contributed by atoms with Gasteiger partial charge >= 0.3 is 0 Å². The van der Waals surface area contributed by atoms with Gasteiger partial charge in [0.05, 0.1) is 11.4 Å². The molecule has 0 aliphatic heterocycles. The number of aromatic nitrogens is 2. The van der Waals surface area contributed by atoms with Gasteiger partial charge in [-0.25, -0.2) is 4.68 Å². The molecule has 2 aliphatic carbocycles. The molecular formula is C21H27N3O2. The summed E-state index contributed by atoms with van der Waals surface area (Å²) in [6.07, 6.45) is 5.21. The summed E-state index contributed by atoms with van der Waals surface area (Å²) in [5.41, 5.74) is 0.206. The van der Waals surface area contributed by atoms with Gasteiger partial charge in [-0.05, 0) is 63.9 Å². The molecule has 26 heavy (non-hydrogen) atoms. The van der Waals surface area contributed by atoms with E-state index in [-0.39, 0.29) is 23.6 Å². The second-order valence-corrected chi connectivity index (χ2v) is 8.34. The summed E-state index contributed by atoms with van der Waals surface area (Å²) in [6.45, 7) is 5.93. The molecule has 0 radical (unpaired) electrons. The average molecular weight is 353 g/mol. The van der Waals surface area contributed by atoms with Crippen LogP contribution < -0.4 is 10.9 Å². The number of carbonyl (C=O) groups is 1. The van der Waals surface area contributed by atoms with Gasteiger partial charge in [-0.15, -0.1) is 0 Å². The molecule has 2 fully saturated rings. The summed E-state index contributed by atoms with van der Waals surface area (Å²) < 4.78 is 1.42. The lowest BCUT2D eigenvalue weighted by Crippen LogP contribution is -2.41.